The number of hydrogen-bond acceptors (Lipinski definition) is 4. The highest BCUT2D eigenvalue weighted by Gasteiger charge is 2.14. The fourth-order valence-electron chi connectivity index (χ4n) is 2.00. The molecule has 0 radical (unpaired) electrons. The molecule has 0 aromatic carbocycles. The molecule has 0 amide bonds. The molecule has 0 bridgehead atoms. The summed E-state index contributed by atoms with van der Waals surface area (Å²) < 4.78 is 5.29. The molecule has 0 fully saturated rings. The number of hydrogen-bond donors (Lipinski definition) is 1. The second-order valence-electron chi connectivity index (χ2n) is 5.20. The van der Waals surface area contributed by atoms with Crippen LogP contribution in [-0.2, 0) is 11.3 Å². The van der Waals surface area contributed by atoms with E-state index in [4.69, 9.17) is 4.74 Å². The summed E-state index contributed by atoms with van der Waals surface area (Å²) in [4.78, 5) is 2.29. The van der Waals surface area contributed by atoms with E-state index < -0.39 is 6.10 Å². The third-order valence-corrected chi connectivity index (χ3v) is 3.36. The van der Waals surface area contributed by atoms with E-state index in [0.29, 0.717) is 25.7 Å². The van der Waals surface area contributed by atoms with Crippen molar-refractivity contribution in [3.05, 3.63) is 35.0 Å². The van der Waals surface area contributed by atoms with Gasteiger partial charge in [0, 0.05) is 19.6 Å². The molecule has 1 heterocycles. The molecule has 1 rings (SSSR count). The molecule has 19 heavy (non-hydrogen) atoms. The van der Waals surface area contributed by atoms with Crippen LogP contribution in [0.1, 0.15) is 19.4 Å². The summed E-state index contributed by atoms with van der Waals surface area (Å²) in [5, 5.41) is 14.2. The topological polar surface area (TPSA) is 32.7 Å². The number of aliphatic hydroxyl groups excluding tert-OH is 1. The molecule has 0 saturated heterocycles. The molecule has 1 aromatic rings. The standard InChI is InChI=1S/C15H25NO2S/c1-4-6-18-11-15(17)10-16(8-13(2)3)9-14-5-7-19-12-14/h4-5,7,12-13,15,17H,1,6,8-11H2,2-3H3/t15-/m0/s1. The van der Waals surface area contributed by atoms with Crippen LogP contribution in [0.5, 0.6) is 0 Å². The Morgan fingerprint density at radius 3 is 2.84 bits per heavy atom. The normalized spacial score (nSPS) is 13.1. The zero-order valence-corrected chi connectivity index (χ0v) is 12.7. The summed E-state index contributed by atoms with van der Waals surface area (Å²) in [7, 11) is 0. The van der Waals surface area contributed by atoms with Gasteiger partial charge in [0.2, 0.25) is 0 Å². The van der Waals surface area contributed by atoms with Crippen LogP contribution in [-0.4, -0.2) is 42.4 Å². The number of rotatable bonds is 10. The lowest BCUT2D eigenvalue weighted by Gasteiger charge is -2.26. The molecule has 108 valence electrons. The van der Waals surface area contributed by atoms with Crippen molar-refractivity contribution in [3.63, 3.8) is 0 Å². The van der Waals surface area contributed by atoms with Crippen molar-refractivity contribution >= 4 is 11.3 Å². The van der Waals surface area contributed by atoms with Gasteiger partial charge in [-0.05, 0) is 28.3 Å². The van der Waals surface area contributed by atoms with Crippen LogP contribution in [0.25, 0.3) is 0 Å². The number of aliphatic hydroxyl groups is 1. The monoisotopic (exact) mass is 283 g/mol. The van der Waals surface area contributed by atoms with Crippen molar-refractivity contribution in [1.29, 1.82) is 0 Å². The average molecular weight is 283 g/mol. The van der Waals surface area contributed by atoms with Crippen LogP contribution in [0, 0.1) is 5.92 Å². The zero-order chi connectivity index (χ0) is 14.1. The van der Waals surface area contributed by atoms with Crippen LogP contribution in [0.3, 0.4) is 0 Å². The quantitative estimate of drug-likeness (QED) is 0.529. The second-order valence-corrected chi connectivity index (χ2v) is 5.98. The van der Waals surface area contributed by atoms with E-state index in [9.17, 15) is 5.11 Å². The summed E-state index contributed by atoms with van der Waals surface area (Å²) in [5.74, 6) is 0.583. The second kappa shape index (κ2) is 9.26. The van der Waals surface area contributed by atoms with E-state index in [1.54, 1.807) is 17.4 Å². The maximum Gasteiger partial charge on any atom is 0.0900 e. The number of nitrogens with zero attached hydrogens (tertiary/aromatic N) is 1. The van der Waals surface area contributed by atoms with Gasteiger partial charge in [-0.1, -0.05) is 19.9 Å². The Kier molecular flexibility index (Phi) is 7.98. The maximum atomic E-state index is 9.99. The molecule has 0 aliphatic heterocycles. The van der Waals surface area contributed by atoms with Crippen LogP contribution >= 0.6 is 11.3 Å². The van der Waals surface area contributed by atoms with Crippen LogP contribution in [0.4, 0.5) is 0 Å². The Labute approximate surface area is 120 Å². The molecule has 0 aliphatic carbocycles. The van der Waals surface area contributed by atoms with Gasteiger partial charge < -0.3 is 9.84 Å². The smallest absolute Gasteiger partial charge is 0.0900 e. The first-order chi connectivity index (χ1) is 9.11. The summed E-state index contributed by atoms with van der Waals surface area (Å²) in [6.07, 6.45) is 1.25. The molecule has 3 nitrogen and oxygen atoms in total. The summed E-state index contributed by atoms with van der Waals surface area (Å²) in [6.45, 7) is 11.4. The molecule has 0 spiro atoms. The molecule has 1 aromatic heterocycles. The van der Waals surface area contributed by atoms with Gasteiger partial charge in [0.1, 0.15) is 0 Å². The van der Waals surface area contributed by atoms with E-state index >= 15 is 0 Å². The van der Waals surface area contributed by atoms with Gasteiger partial charge in [-0.2, -0.15) is 11.3 Å². The van der Waals surface area contributed by atoms with Crippen molar-refractivity contribution in [2.75, 3.05) is 26.3 Å². The molecule has 1 N–H and O–H groups in total. The van der Waals surface area contributed by atoms with Gasteiger partial charge in [0.05, 0.1) is 19.3 Å². The molecule has 0 unspecified atom stereocenters. The lowest BCUT2D eigenvalue weighted by Crippen LogP contribution is -2.36. The third kappa shape index (κ3) is 7.47. The summed E-state index contributed by atoms with van der Waals surface area (Å²) in [6, 6.07) is 2.14. The molecule has 0 saturated carbocycles. The van der Waals surface area contributed by atoms with Crippen LogP contribution in [0.2, 0.25) is 0 Å². The van der Waals surface area contributed by atoms with Crippen molar-refractivity contribution in [1.82, 2.24) is 4.90 Å². The zero-order valence-electron chi connectivity index (χ0n) is 11.9. The SMILES string of the molecule is C=CCOC[C@@H](O)CN(Cc1ccsc1)CC(C)C. The van der Waals surface area contributed by atoms with E-state index in [1.165, 1.54) is 5.56 Å². The van der Waals surface area contributed by atoms with E-state index in [2.05, 4.69) is 42.2 Å². The minimum Gasteiger partial charge on any atom is -0.389 e. The van der Waals surface area contributed by atoms with Crippen molar-refractivity contribution in [2.45, 2.75) is 26.5 Å². The number of ether oxygens (including phenoxy) is 1. The molecule has 1 atom stereocenters. The predicted octanol–water partition coefficient (Wildman–Crippen LogP) is 2.77. The fourth-order valence-corrected chi connectivity index (χ4v) is 2.66. The Balaban J connectivity index is 2.42. The molecular weight excluding hydrogens is 258 g/mol. The van der Waals surface area contributed by atoms with Gasteiger partial charge in [-0.3, -0.25) is 4.90 Å². The highest BCUT2D eigenvalue weighted by atomic mass is 32.1. The third-order valence-electron chi connectivity index (χ3n) is 2.62. The van der Waals surface area contributed by atoms with Crippen LogP contribution in [0.15, 0.2) is 29.5 Å². The average Bonchev–Trinajstić information content (AvgIpc) is 2.81. The Morgan fingerprint density at radius 1 is 1.47 bits per heavy atom. The molecule has 4 heteroatoms. The Morgan fingerprint density at radius 2 is 2.26 bits per heavy atom. The first-order valence-corrected chi connectivity index (χ1v) is 7.66. The number of thiophene rings is 1. The molecular formula is C15H25NO2S. The van der Waals surface area contributed by atoms with Gasteiger partial charge in [-0.15, -0.1) is 6.58 Å². The van der Waals surface area contributed by atoms with Crippen molar-refractivity contribution in [2.24, 2.45) is 5.92 Å². The minimum absolute atomic E-state index is 0.365. The Hall–Kier alpha value is -0.680. The minimum atomic E-state index is -0.447. The van der Waals surface area contributed by atoms with E-state index in [-0.39, 0.29) is 0 Å². The van der Waals surface area contributed by atoms with Gasteiger partial charge in [0.25, 0.3) is 0 Å². The lowest BCUT2D eigenvalue weighted by molar-refractivity contribution is 0.0223. The largest absolute Gasteiger partial charge is 0.389 e. The van der Waals surface area contributed by atoms with Gasteiger partial charge >= 0.3 is 0 Å². The Bertz CT molecular complexity index is 338. The first-order valence-electron chi connectivity index (χ1n) is 6.72. The highest BCUT2D eigenvalue weighted by molar-refractivity contribution is 7.07. The van der Waals surface area contributed by atoms with Gasteiger partial charge in [-0.25, -0.2) is 0 Å². The first kappa shape index (κ1) is 16.4. The van der Waals surface area contributed by atoms with Gasteiger partial charge in [0.15, 0.2) is 0 Å². The van der Waals surface area contributed by atoms with E-state index in [1.807, 2.05) is 0 Å². The summed E-state index contributed by atoms with van der Waals surface area (Å²) in [5.41, 5.74) is 1.31. The summed E-state index contributed by atoms with van der Waals surface area (Å²) >= 11 is 1.71. The fraction of sp³-hybridized carbons (Fsp3) is 0.600. The predicted molar refractivity (Wildman–Crippen MR) is 81.5 cm³/mol. The van der Waals surface area contributed by atoms with Crippen LogP contribution < -0.4 is 0 Å². The lowest BCUT2D eigenvalue weighted by atomic mass is 10.2. The molecule has 0 aliphatic rings. The van der Waals surface area contributed by atoms with E-state index in [0.717, 1.165) is 13.1 Å². The maximum absolute atomic E-state index is 9.99. The van der Waals surface area contributed by atoms with Crippen molar-refractivity contribution < 1.29 is 9.84 Å². The highest BCUT2D eigenvalue weighted by Crippen LogP contribution is 2.11. The van der Waals surface area contributed by atoms with Crippen molar-refractivity contribution in [3.8, 4) is 0 Å².